The number of ketones is 1. The molecule has 5 heteroatoms. The quantitative estimate of drug-likeness (QED) is 0.403. The summed E-state index contributed by atoms with van der Waals surface area (Å²) in [6.07, 6.45) is 0.355. The van der Waals surface area contributed by atoms with Gasteiger partial charge in [-0.2, -0.15) is 0 Å². The molecule has 0 radical (unpaired) electrons. The zero-order valence-corrected chi connectivity index (χ0v) is 17.7. The lowest BCUT2D eigenvalue weighted by molar-refractivity contribution is -0.166. The van der Waals surface area contributed by atoms with Gasteiger partial charge in [-0.3, -0.25) is 14.4 Å². The van der Waals surface area contributed by atoms with Gasteiger partial charge in [0.25, 0.3) is 0 Å². The van der Waals surface area contributed by atoms with Crippen LogP contribution < -0.4 is 0 Å². The van der Waals surface area contributed by atoms with Crippen molar-refractivity contribution in [3.8, 4) is 11.1 Å². The number of ether oxygens (including phenoxy) is 2. The van der Waals surface area contributed by atoms with Crippen molar-refractivity contribution in [3.63, 3.8) is 0 Å². The Hall–Kier alpha value is -2.95. The zero-order chi connectivity index (χ0) is 21.7. The first-order valence-electron chi connectivity index (χ1n) is 10.4. The van der Waals surface area contributed by atoms with Crippen molar-refractivity contribution in [2.45, 2.75) is 39.7 Å². The van der Waals surface area contributed by atoms with Gasteiger partial charge in [-0.1, -0.05) is 61.5 Å². The highest BCUT2D eigenvalue weighted by Crippen LogP contribution is 2.80. The second-order valence-corrected chi connectivity index (χ2v) is 8.55. The Morgan fingerprint density at radius 3 is 2.13 bits per heavy atom. The molecular formula is C25H26O5. The van der Waals surface area contributed by atoms with Crippen molar-refractivity contribution in [2.24, 2.45) is 16.7 Å². The number of hydrogen-bond donors (Lipinski definition) is 0. The highest BCUT2D eigenvalue weighted by atomic mass is 16.6. The maximum absolute atomic E-state index is 13.8. The van der Waals surface area contributed by atoms with E-state index in [1.807, 2.05) is 49.4 Å². The summed E-state index contributed by atoms with van der Waals surface area (Å²) in [4.78, 5) is 39.7. The fourth-order valence-electron chi connectivity index (χ4n) is 5.61. The van der Waals surface area contributed by atoms with Crippen LogP contribution in [0.25, 0.3) is 11.1 Å². The van der Waals surface area contributed by atoms with Gasteiger partial charge in [0.2, 0.25) is 0 Å². The molecule has 1 saturated heterocycles. The maximum atomic E-state index is 13.8. The minimum absolute atomic E-state index is 0.140. The lowest BCUT2D eigenvalue weighted by Gasteiger charge is -2.28. The average Bonchev–Trinajstić information content (AvgIpc) is 3.34. The van der Waals surface area contributed by atoms with Gasteiger partial charge in [0.15, 0.2) is 11.2 Å². The lowest BCUT2D eigenvalue weighted by atomic mass is 9.81. The van der Waals surface area contributed by atoms with Gasteiger partial charge in [-0.05, 0) is 38.3 Å². The number of Topliss-reactive ketones (excluding diaryl/α,β-unsaturated/α-hetero) is 1. The fraction of sp³-hybridized carbons (Fsp3) is 0.400. The third-order valence-electron chi connectivity index (χ3n) is 6.73. The first kappa shape index (κ1) is 20.3. The Bertz CT molecular complexity index is 1010. The molecule has 0 N–H and O–H groups in total. The molecule has 2 aromatic rings. The topological polar surface area (TPSA) is 69.7 Å². The maximum Gasteiger partial charge on any atom is 0.325 e. The summed E-state index contributed by atoms with van der Waals surface area (Å²) in [7, 11) is 0. The first-order chi connectivity index (χ1) is 14.3. The zero-order valence-electron chi connectivity index (χ0n) is 17.7. The van der Waals surface area contributed by atoms with E-state index in [0.717, 1.165) is 11.1 Å². The van der Waals surface area contributed by atoms with Crippen molar-refractivity contribution in [1.29, 1.82) is 0 Å². The van der Waals surface area contributed by atoms with Crippen molar-refractivity contribution in [3.05, 3.63) is 60.2 Å². The van der Waals surface area contributed by atoms with Crippen LogP contribution in [-0.2, 0) is 19.1 Å². The molecule has 0 spiro atoms. The molecule has 2 aliphatic rings. The molecule has 0 amide bonds. The van der Waals surface area contributed by atoms with Crippen molar-refractivity contribution in [2.75, 3.05) is 6.61 Å². The molecule has 1 aliphatic heterocycles. The van der Waals surface area contributed by atoms with E-state index in [0.29, 0.717) is 12.0 Å². The van der Waals surface area contributed by atoms with Crippen molar-refractivity contribution >= 4 is 17.7 Å². The molecule has 3 atom stereocenters. The summed E-state index contributed by atoms with van der Waals surface area (Å²) >= 11 is 0. The van der Waals surface area contributed by atoms with Gasteiger partial charge >= 0.3 is 11.9 Å². The second-order valence-electron chi connectivity index (χ2n) is 8.55. The minimum Gasteiger partial charge on any atom is -0.465 e. The molecule has 0 aromatic heterocycles. The van der Waals surface area contributed by atoms with Gasteiger partial charge in [0, 0.05) is 11.5 Å². The van der Waals surface area contributed by atoms with Gasteiger partial charge in [-0.15, -0.1) is 0 Å². The third-order valence-corrected chi connectivity index (χ3v) is 6.73. The molecule has 2 fully saturated rings. The summed E-state index contributed by atoms with van der Waals surface area (Å²) in [5, 5.41) is 0. The van der Waals surface area contributed by atoms with E-state index >= 15 is 0 Å². The van der Waals surface area contributed by atoms with Gasteiger partial charge < -0.3 is 9.47 Å². The average molecular weight is 406 g/mol. The van der Waals surface area contributed by atoms with Crippen LogP contribution in [0.2, 0.25) is 0 Å². The van der Waals surface area contributed by atoms with E-state index in [-0.39, 0.29) is 12.4 Å². The highest BCUT2D eigenvalue weighted by molar-refractivity contribution is 6.19. The SMILES string of the molecule is CCOC(=O)[C@]12C(=O)OC(C)(C)[C@@H]1[C@@]2(CC)C(=O)c1ccc(-c2ccccc2)cc1. The molecule has 1 heterocycles. The van der Waals surface area contributed by atoms with Crippen LogP contribution >= 0.6 is 0 Å². The van der Waals surface area contributed by atoms with E-state index in [2.05, 4.69) is 0 Å². The molecule has 156 valence electrons. The second kappa shape index (κ2) is 6.79. The van der Waals surface area contributed by atoms with Crippen LogP contribution in [0, 0.1) is 16.7 Å². The highest BCUT2D eigenvalue weighted by Gasteiger charge is 2.95. The van der Waals surface area contributed by atoms with Gasteiger partial charge in [0.05, 0.1) is 12.0 Å². The van der Waals surface area contributed by atoms with Crippen LogP contribution in [0.1, 0.15) is 44.5 Å². The molecule has 4 rings (SSSR count). The number of esters is 2. The molecular weight excluding hydrogens is 380 g/mol. The number of benzene rings is 2. The first-order valence-corrected chi connectivity index (χ1v) is 10.4. The molecule has 1 aliphatic carbocycles. The van der Waals surface area contributed by atoms with Crippen LogP contribution in [0.5, 0.6) is 0 Å². The summed E-state index contributed by atoms with van der Waals surface area (Å²) in [6, 6.07) is 17.2. The minimum atomic E-state index is -1.56. The largest absolute Gasteiger partial charge is 0.465 e. The predicted octanol–water partition coefficient (Wildman–Crippen LogP) is 4.45. The standard InChI is InChI=1S/C25H26O5/c1-5-24(20-23(3,4)30-22(28)25(20,24)21(27)29-6-2)19(26)18-14-12-17(13-15-18)16-10-8-7-9-11-16/h7-15,20H,5-6H2,1-4H3/t20-,24-,25+/m1/s1. The van der Waals surface area contributed by atoms with Crippen LogP contribution in [0.15, 0.2) is 54.6 Å². The van der Waals surface area contributed by atoms with E-state index in [9.17, 15) is 14.4 Å². The van der Waals surface area contributed by atoms with E-state index in [1.165, 1.54) is 0 Å². The number of carbonyl (C=O) groups excluding carboxylic acids is 3. The van der Waals surface area contributed by atoms with Crippen LogP contribution in [0.4, 0.5) is 0 Å². The molecule has 5 nitrogen and oxygen atoms in total. The Labute approximate surface area is 176 Å². The smallest absolute Gasteiger partial charge is 0.325 e. The molecule has 30 heavy (non-hydrogen) atoms. The molecule has 1 saturated carbocycles. The number of rotatable bonds is 6. The van der Waals surface area contributed by atoms with Crippen LogP contribution in [0.3, 0.4) is 0 Å². The predicted molar refractivity (Wildman–Crippen MR) is 112 cm³/mol. The third kappa shape index (κ3) is 2.44. The number of fused-ring (bicyclic) bond motifs is 1. The Kier molecular flexibility index (Phi) is 4.60. The van der Waals surface area contributed by atoms with Gasteiger partial charge in [-0.25, -0.2) is 0 Å². The lowest BCUT2D eigenvalue weighted by Crippen LogP contribution is -2.40. The van der Waals surface area contributed by atoms with Crippen LogP contribution in [-0.4, -0.2) is 29.9 Å². The Morgan fingerprint density at radius 1 is 0.967 bits per heavy atom. The Morgan fingerprint density at radius 2 is 1.57 bits per heavy atom. The molecule has 0 unspecified atom stereocenters. The van der Waals surface area contributed by atoms with Crippen molar-refractivity contribution in [1.82, 2.24) is 0 Å². The number of carbonyl (C=O) groups is 3. The summed E-state index contributed by atoms with van der Waals surface area (Å²) in [6.45, 7) is 7.20. The molecule has 2 aromatic carbocycles. The summed E-state index contributed by atoms with van der Waals surface area (Å²) in [5.74, 6) is -2.04. The van der Waals surface area contributed by atoms with E-state index in [4.69, 9.17) is 9.47 Å². The van der Waals surface area contributed by atoms with E-state index < -0.39 is 34.3 Å². The summed E-state index contributed by atoms with van der Waals surface area (Å²) in [5.41, 5.74) is -1.09. The summed E-state index contributed by atoms with van der Waals surface area (Å²) < 4.78 is 10.8. The van der Waals surface area contributed by atoms with Gasteiger partial charge in [0.1, 0.15) is 5.60 Å². The normalized spacial score (nSPS) is 28.4. The number of hydrogen-bond acceptors (Lipinski definition) is 5. The van der Waals surface area contributed by atoms with E-state index in [1.54, 1.807) is 32.9 Å². The number of cyclic esters (lactones) is 1. The monoisotopic (exact) mass is 406 g/mol. The fourth-order valence-corrected chi connectivity index (χ4v) is 5.61. The Balaban J connectivity index is 1.75. The molecule has 0 bridgehead atoms. The van der Waals surface area contributed by atoms with Crippen molar-refractivity contribution < 1.29 is 23.9 Å².